The maximum absolute atomic E-state index is 13.4. The maximum atomic E-state index is 13.4. The van der Waals surface area contributed by atoms with E-state index in [0.717, 1.165) is 12.8 Å². The third-order valence-corrected chi connectivity index (χ3v) is 4.48. The first-order valence-electron chi connectivity index (χ1n) is 8.65. The van der Waals surface area contributed by atoms with Crippen LogP contribution >= 0.6 is 0 Å². The van der Waals surface area contributed by atoms with Gasteiger partial charge in [-0.15, -0.1) is 0 Å². The molecule has 0 aliphatic heterocycles. The van der Waals surface area contributed by atoms with E-state index in [2.05, 4.69) is 25.3 Å². The first kappa shape index (κ1) is 15.7. The van der Waals surface area contributed by atoms with Crippen molar-refractivity contribution in [2.24, 2.45) is 0 Å². The Morgan fingerprint density at radius 2 is 1.96 bits per heavy atom. The van der Waals surface area contributed by atoms with E-state index in [1.54, 1.807) is 41.2 Å². The molecule has 8 heteroatoms. The number of halogens is 1. The molecule has 0 bridgehead atoms. The van der Waals surface area contributed by atoms with E-state index in [4.69, 9.17) is 0 Å². The molecule has 5 rings (SSSR count). The van der Waals surface area contributed by atoms with Crippen molar-refractivity contribution in [2.45, 2.75) is 18.9 Å². The second kappa shape index (κ2) is 6.01. The number of benzene rings is 1. The minimum Gasteiger partial charge on any atom is -0.351 e. The number of hydrogen-bond acceptors (Lipinski definition) is 5. The molecule has 1 aliphatic carbocycles. The Morgan fingerprint density at radius 1 is 1.15 bits per heavy atom. The summed E-state index contributed by atoms with van der Waals surface area (Å²) in [6, 6.07) is 8.21. The van der Waals surface area contributed by atoms with E-state index in [-0.39, 0.29) is 17.0 Å². The van der Waals surface area contributed by atoms with Gasteiger partial charge in [-0.05, 0) is 43.2 Å². The van der Waals surface area contributed by atoms with Crippen LogP contribution in [-0.4, -0.2) is 30.4 Å². The second-order valence-electron chi connectivity index (χ2n) is 6.48. The van der Waals surface area contributed by atoms with Gasteiger partial charge in [0, 0.05) is 30.2 Å². The fourth-order valence-corrected chi connectivity index (χ4v) is 3.01. The molecular formula is C19H15FN6O. The molecule has 3 heterocycles. The molecule has 3 aromatic heterocycles. The number of fused-ring (bicyclic) bond motifs is 1. The SMILES string of the molecule is O=c1[nH]ccn2c(-c3ccnc(NC4CC4)n3)c(-c3ccc(F)cc3)nc12. The lowest BCUT2D eigenvalue weighted by molar-refractivity contribution is 0.628. The predicted octanol–water partition coefficient (Wildman–Crippen LogP) is 2.86. The van der Waals surface area contributed by atoms with Gasteiger partial charge in [0.25, 0.3) is 5.56 Å². The smallest absolute Gasteiger partial charge is 0.291 e. The highest BCUT2D eigenvalue weighted by atomic mass is 19.1. The highest BCUT2D eigenvalue weighted by Crippen LogP contribution is 2.32. The van der Waals surface area contributed by atoms with Crippen LogP contribution in [0.3, 0.4) is 0 Å². The minimum absolute atomic E-state index is 0.252. The van der Waals surface area contributed by atoms with Gasteiger partial charge in [-0.3, -0.25) is 9.20 Å². The van der Waals surface area contributed by atoms with Crippen molar-refractivity contribution in [3.8, 4) is 22.6 Å². The molecule has 0 atom stereocenters. The summed E-state index contributed by atoms with van der Waals surface area (Å²) in [6.45, 7) is 0. The summed E-state index contributed by atoms with van der Waals surface area (Å²) >= 11 is 0. The van der Waals surface area contributed by atoms with Crippen molar-refractivity contribution >= 4 is 11.6 Å². The average Bonchev–Trinajstić information content (AvgIpc) is 3.39. The number of H-pyrrole nitrogens is 1. The number of hydrogen-bond donors (Lipinski definition) is 2. The molecular weight excluding hydrogens is 347 g/mol. The Morgan fingerprint density at radius 3 is 2.74 bits per heavy atom. The second-order valence-corrected chi connectivity index (χ2v) is 6.48. The zero-order chi connectivity index (χ0) is 18.4. The van der Waals surface area contributed by atoms with Gasteiger partial charge in [0.2, 0.25) is 11.6 Å². The number of anilines is 1. The monoisotopic (exact) mass is 362 g/mol. The number of nitrogens with zero attached hydrogens (tertiary/aromatic N) is 4. The van der Waals surface area contributed by atoms with Crippen LogP contribution in [0.5, 0.6) is 0 Å². The average molecular weight is 362 g/mol. The molecule has 1 aromatic carbocycles. The topological polar surface area (TPSA) is 88.0 Å². The molecule has 1 fully saturated rings. The van der Waals surface area contributed by atoms with Crippen LogP contribution in [0.1, 0.15) is 12.8 Å². The molecule has 4 aromatic rings. The summed E-state index contributed by atoms with van der Waals surface area (Å²) in [6.07, 6.45) is 7.18. The van der Waals surface area contributed by atoms with E-state index in [9.17, 15) is 9.18 Å². The summed E-state index contributed by atoms with van der Waals surface area (Å²) in [7, 11) is 0. The number of aromatic nitrogens is 5. The van der Waals surface area contributed by atoms with Gasteiger partial charge in [0.05, 0.1) is 17.1 Å². The lowest BCUT2D eigenvalue weighted by Gasteiger charge is -2.07. The molecule has 0 saturated heterocycles. The summed E-state index contributed by atoms with van der Waals surface area (Å²) in [4.78, 5) is 28.3. The third-order valence-electron chi connectivity index (χ3n) is 4.48. The van der Waals surface area contributed by atoms with Crippen LogP contribution < -0.4 is 10.9 Å². The summed E-state index contributed by atoms with van der Waals surface area (Å²) in [5.41, 5.74) is 2.49. The summed E-state index contributed by atoms with van der Waals surface area (Å²) < 4.78 is 15.1. The van der Waals surface area contributed by atoms with Crippen molar-refractivity contribution < 1.29 is 4.39 Å². The highest BCUT2D eigenvalue weighted by Gasteiger charge is 2.23. The lowest BCUT2D eigenvalue weighted by atomic mass is 10.1. The molecule has 2 N–H and O–H groups in total. The van der Waals surface area contributed by atoms with E-state index < -0.39 is 0 Å². The normalized spacial score (nSPS) is 13.8. The Bertz CT molecular complexity index is 1190. The Kier molecular flexibility index (Phi) is 3.49. The van der Waals surface area contributed by atoms with Gasteiger partial charge in [-0.25, -0.2) is 19.3 Å². The fourth-order valence-electron chi connectivity index (χ4n) is 3.01. The summed E-state index contributed by atoms with van der Waals surface area (Å²) in [5, 5.41) is 3.27. The van der Waals surface area contributed by atoms with Crippen molar-refractivity contribution in [3.05, 3.63) is 65.1 Å². The van der Waals surface area contributed by atoms with Crippen molar-refractivity contribution in [3.63, 3.8) is 0 Å². The van der Waals surface area contributed by atoms with Crippen molar-refractivity contribution in [1.82, 2.24) is 24.3 Å². The molecule has 0 amide bonds. The van der Waals surface area contributed by atoms with E-state index in [1.165, 1.54) is 12.1 Å². The Hall–Kier alpha value is -3.55. The Balaban J connectivity index is 1.74. The number of aromatic amines is 1. The lowest BCUT2D eigenvalue weighted by Crippen LogP contribution is -2.09. The van der Waals surface area contributed by atoms with Crippen LogP contribution in [0.2, 0.25) is 0 Å². The molecule has 0 unspecified atom stereocenters. The fraction of sp³-hybridized carbons (Fsp3) is 0.158. The van der Waals surface area contributed by atoms with Crippen molar-refractivity contribution in [2.75, 3.05) is 5.32 Å². The van der Waals surface area contributed by atoms with Gasteiger partial charge >= 0.3 is 0 Å². The van der Waals surface area contributed by atoms with Gasteiger partial charge in [-0.1, -0.05) is 0 Å². The maximum Gasteiger partial charge on any atom is 0.291 e. The predicted molar refractivity (Wildman–Crippen MR) is 98.9 cm³/mol. The van der Waals surface area contributed by atoms with E-state index in [0.29, 0.717) is 34.6 Å². The number of nitrogens with one attached hydrogen (secondary N) is 2. The quantitative estimate of drug-likeness (QED) is 0.583. The first-order chi connectivity index (χ1) is 13.2. The van der Waals surface area contributed by atoms with Crippen LogP contribution in [0.4, 0.5) is 10.3 Å². The molecule has 134 valence electrons. The number of rotatable bonds is 4. The molecule has 1 aliphatic rings. The Labute approximate surface area is 153 Å². The van der Waals surface area contributed by atoms with E-state index >= 15 is 0 Å². The zero-order valence-electron chi connectivity index (χ0n) is 14.2. The molecule has 0 radical (unpaired) electrons. The highest BCUT2D eigenvalue weighted by molar-refractivity contribution is 5.80. The molecule has 7 nitrogen and oxygen atoms in total. The zero-order valence-corrected chi connectivity index (χ0v) is 14.2. The molecule has 1 saturated carbocycles. The third kappa shape index (κ3) is 2.84. The van der Waals surface area contributed by atoms with Gasteiger partial charge in [0.15, 0.2) is 0 Å². The van der Waals surface area contributed by atoms with Gasteiger partial charge < -0.3 is 10.3 Å². The van der Waals surface area contributed by atoms with Crippen LogP contribution in [0.15, 0.2) is 53.7 Å². The molecule has 0 spiro atoms. The van der Waals surface area contributed by atoms with Crippen LogP contribution in [0.25, 0.3) is 28.3 Å². The van der Waals surface area contributed by atoms with Crippen molar-refractivity contribution in [1.29, 1.82) is 0 Å². The standard InChI is InChI=1S/C19H15FN6O/c20-12-3-1-11(2-4-12)15-16(26-10-9-21-18(27)17(26)25-15)14-7-8-22-19(24-14)23-13-5-6-13/h1-4,7-10,13H,5-6H2,(H,21,27)(H,22,23,24). The van der Waals surface area contributed by atoms with Gasteiger partial charge in [0.1, 0.15) is 5.82 Å². The largest absolute Gasteiger partial charge is 0.351 e. The first-order valence-corrected chi connectivity index (χ1v) is 8.65. The number of imidazole rings is 1. The minimum atomic E-state index is -0.333. The van der Waals surface area contributed by atoms with Gasteiger partial charge in [-0.2, -0.15) is 0 Å². The van der Waals surface area contributed by atoms with Crippen LogP contribution in [0, 0.1) is 5.82 Å². The van der Waals surface area contributed by atoms with E-state index in [1.807, 2.05) is 0 Å². The summed E-state index contributed by atoms with van der Waals surface area (Å²) in [5.74, 6) is 0.208. The molecule has 27 heavy (non-hydrogen) atoms. The van der Waals surface area contributed by atoms with Crippen LogP contribution in [-0.2, 0) is 0 Å².